The number of methoxy groups -OCH3 is 1. The summed E-state index contributed by atoms with van der Waals surface area (Å²) in [4.78, 5) is 4.46. The monoisotopic (exact) mass is 393 g/mol. The molecule has 0 saturated heterocycles. The molecule has 7 nitrogen and oxygen atoms in total. The van der Waals surface area contributed by atoms with Crippen molar-refractivity contribution < 1.29 is 9.26 Å². The van der Waals surface area contributed by atoms with Crippen molar-refractivity contribution >= 4 is 11.8 Å². The van der Waals surface area contributed by atoms with Gasteiger partial charge in [0.2, 0.25) is 0 Å². The highest BCUT2D eigenvalue weighted by atomic mass is 32.2. The highest BCUT2D eigenvalue weighted by Gasteiger charge is 2.13. The van der Waals surface area contributed by atoms with E-state index in [0.29, 0.717) is 17.5 Å². The summed E-state index contributed by atoms with van der Waals surface area (Å²) in [5.74, 6) is 3.36. The first-order chi connectivity index (χ1) is 13.7. The van der Waals surface area contributed by atoms with E-state index in [2.05, 4.69) is 32.5 Å². The average molecular weight is 393 g/mol. The van der Waals surface area contributed by atoms with Crippen molar-refractivity contribution in [1.29, 1.82) is 0 Å². The van der Waals surface area contributed by atoms with E-state index in [9.17, 15) is 0 Å². The Bertz CT molecular complexity index is 1040. The molecular weight excluding hydrogens is 374 g/mol. The fourth-order valence-electron chi connectivity index (χ4n) is 2.70. The Balaban J connectivity index is 1.40. The van der Waals surface area contributed by atoms with Crippen molar-refractivity contribution in [2.24, 2.45) is 7.05 Å². The van der Waals surface area contributed by atoms with E-state index in [4.69, 9.17) is 9.26 Å². The number of nitrogens with zero attached hydrogens (tertiary/aromatic N) is 5. The molecular formula is C20H19N5O2S. The molecule has 142 valence electrons. The van der Waals surface area contributed by atoms with Crippen LogP contribution >= 0.6 is 11.8 Å². The van der Waals surface area contributed by atoms with Crippen LogP contribution in [0.1, 0.15) is 17.2 Å². The van der Waals surface area contributed by atoms with Crippen LogP contribution in [0.25, 0.3) is 11.5 Å². The molecule has 8 heteroatoms. The first-order valence-corrected chi connectivity index (χ1v) is 9.73. The summed E-state index contributed by atoms with van der Waals surface area (Å²) in [7, 11) is 3.61. The quantitative estimate of drug-likeness (QED) is 0.442. The Kier molecular flexibility index (Phi) is 5.38. The zero-order valence-corrected chi connectivity index (χ0v) is 16.4. The topological polar surface area (TPSA) is 78.9 Å². The Labute approximate surface area is 166 Å². The van der Waals surface area contributed by atoms with Crippen molar-refractivity contribution in [1.82, 2.24) is 24.9 Å². The minimum atomic E-state index is 0.487. The zero-order chi connectivity index (χ0) is 19.3. The lowest BCUT2D eigenvalue weighted by molar-refractivity contribution is 0.414. The van der Waals surface area contributed by atoms with Crippen LogP contribution in [0.15, 0.2) is 64.3 Å². The number of hydrogen-bond acceptors (Lipinski definition) is 7. The Morgan fingerprint density at radius 1 is 1.04 bits per heavy atom. The maximum atomic E-state index is 5.37. The predicted molar refractivity (Wildman–Crippen MR) is 106 cm³/mol. The summed E-state index contributed by atoms with van der Waals surface area (Å²) in [5, 5.41) is 13.5. The van der Waals surface area contributed by atoms with Gasteiger partial charge in [-0.1, -0.05) is 47.3 Å². The lowest BCUT2D eigenvalue weighted by Crippen LogP contribution is -2.00. The van der Waals surface area contributed by atoms with E-state index in [0.717, 1.165) is 28.7 Å². The van der Waals surface area contributed by atoms with Crippen LogP contribution in [-0.4, -0.2) is 32.0 Å². The fraction of sp³-hybridized carbons (Fsp3) is 0.200. The number of benzene rings is 2. The molecule has 2 aromatic carbocycles. The van der Waals surface area contributed by atoms with Gasteiger partial charge in [-0.05, 0) is 29.8 Å². The van der Waals surface area contributed by atoms with E-state index in [-0.39, 0.29) is 0 Å². The lowest BCUT2D eigenvalue weighted by atomic mass is 10.1. The average Bonchev–Trinajstić information content (AvgIpc) is 3.35. The molecule has 0 aliphatic heterocycles. The summed E-state index contributed by atoms with van der Waals surface area (Å²) in [6.45, 7) is 0. The van der Waals surface area contributed by atoms with Gasteiger partial charge in [-0.3, -0.25) is 0 Å². The smallest absolute Gasteiger partial charge is 0.257 e. The summed E-state index contributed by atoms with van der Waals surface area (Å²) in [6.07, 6.45) is 0.745. The molecule has 4 rings (SSSR count). The number of rotatable bonds is 7. The molecule has 2 heterocycles. The minimum absolute atomic E-state index is 0.487. The molecule has 0 unspecified atom stereocenters. The highest BCUT2D eigenvalue weighted by molar-refractivity contribution is 7.98. The van der Waals surface area contributed by atoms with Crippen LogP contribution in [0.5, 0.6) is 5.75 Å². The van der Waals surface area contributed by atoms with Gasteiger partial charge in [-0.2, -0.15) is 4.98 Å². The first kappa shape index (κ1) is 18.2. The third kappa shape index (κ3) is 4.07. The van der Waals surface area contributed by atoms with E-state index >= 15 is 0 Å². The second-order valence-corrected chi connectivity index (χ2v) is 7.10. The highest BCUT2D eigenvalue weighted by Crippen LogP contribution is 2.24. The Hall–Kier alpha value is -3.13. The van der Waals surface area contributed by atoms with Crippen LogP contribution in [0.4, 0.5) is 0 Å². The summed E-state index contributed by atoms with van der Waals surface area (Å²) in [6, 6.07) is 17.7. The number of aromatic nitrogens is 5. The van der Waals surface area contributed by atoms with Gasteiger partial charge >= 0.3 is 0 Å². The van der Waals surface area contributed by atoms with E-state index in [1.807, 2.05) is 54.1 Å². The van der Waals surface area contributed by atoms with Gasteiger partial charge in [0.25, 0.3) is 5.89 Å². The molecule has 0 bridgehead atoms. The maximum absolute atomic E-state index is 5.37. The van der Waals surface area contributed by atoms with Gasteiger partial charge in [0.15, 0.2) is 11.0 Å². The van der Waals surface area contributed by atoms with Crippen LogP contribution in [-0.2, 0) is 19.2 Å². The molecule has 0 N–H and O–H groups in total. The molecule has 0 saturated carbocycles. The minimum Gasteiger partial charge on any atom is -0.497 e. The molecule has 0 fully saturated rings. The summed E-state index contributed by atoms with van der Waals surface area (Å²) >= 11 is 1.53. The molecule has 0 spiro atoms. The molecule has 28 heavy (non-hydrogen) atoms. The second-order valence-electron chi connectivity index (χ2n) is 6.15. The standard InChI is InChI=1S/C20H19N5O2S/c1-25-18(12-14-6-4-3-5-7-14)22-23-20(25)28-13-17-21-19(27-24-17)15-8-10-16(26-2)11-9-15/h3-11H,12-13H2,1-2H3. The van der Waals surface area contributed by atoms with E-state index in [1.54, 1.807) is 7.11 Å². The summed E-state index contributed by atoms with van der Waals surface area (Å²) in [5.41, 5.74) is 2.06. The van der Waals surface area contributed by atoms with Gasteiger partial charge in [-0.25, -0.2) is 0 Å². The van der Waals surface area contributed by atoms with Crippen molar-refractivity contribution in [2.75, 3.05) is 7.11 Å². The van der Waals surface area contributed by atoms with Crippen molar-refractivity contribution in [3.8, 4) is 17.2 Å². The largest absolute Gasteiger partial charge is 0.497 e. The molecule has 0 amide bonds. The van der Waals surface area contributed by atoms with Crippen LogP contribution in [0.3, 0.4) is 0 Å². The second kappa shape index (κ2) is 8.26. The summed E-state index contributed by atoms with van der Waals surface area (Å²) < 4.78 is 12.5. The van der Waals surface area contributed by atoms with Gasteiger partial charge in [-0.15, -0.1) is 10.2 Å². The molecule has 2 aromatic heterocycles. The third-order valence-electron chi connectivity index (χ3n) is 4.27. The van der Waals surface area contributed by atoms with Crippen LogP contribution in [0.2, 0.25) is 0 Å². The van der Waals surface area contributed by atoms with Crippen LogP contribution in [0, 0.1) is 0 Å². The first-order valence-electron chi connectivity index (χ1n) is 8.75. The number of hydrogen-bond donors (Lipinski definition) is 0. The Morgan fingerprint density at radius 2 is 1.82 bits per heavy atom. The van der Waals surface area contributed by atoms with Crippen molar-refractivity contribution in [3.05, 3.63) is 71.8 Å². The molecule has 0 atom stereocenters. The number of ether oxygens (including phenoxy) is 1. The van der Waals surface area contributed by atoms with E-state index in [1.165, 1.54) is 17.3 Å². The molecule has 4 aromatic rings. The van der Waals surface area contributed by atoms with Gasteiger partial charge in [0.05, 0.1) is 12.9 Å². The maximum Gasteiger partial charge on any atom is 0.257 e. The lowest BCUT2D eigenvalue weighted by Gasteiger charge is -2.03. The van der Waals surface area contributed by atoms with Crippen molar-refractivity contribution in [3.63, 3.8) is 0 Å². The van der Waals surface area contributed by atoms with Gasteiger partial charge in [0.1, 0.15) is 11.6 Å². The normalized spacial score (nSPS) is 10.9. The molecule has 0 radical (unpaired) electrons. The third-order valence-corrected chi connectivity index (χ3v) is 5.28. The van der Waals surface area contributed by atoms with Crippen LogP contribution < -0.4 is 4.74 Å². The zero-order valence-electron chi connectivity index (χ0n) is 15.6. The van der Waals surface area contributed by atoms with E-state index < -0.39 is 0 Å². The van der Waals surface area contributed by atoms with Crippen molar-refractivity contribution in [2.45, 2.75) is 17.3 Å². The molecule has 0 aliphatic rings. The number of thioether (sulfide) groups is 1. The SMILES string of the molecule is COc1ccc(-c2nc(CSc3nnc(Cc4ccccc4)n3C)no2)cc1. The Morgan fingerprint density at radius 3 is 2.57 bits per heavy atom. The van der Waals surface area contributed by atoms with Gasteiger partial charge < -0.3 is 13.8 Å². The van der Waals surface area contributed by atoms with Gasteiger partial charge in [0, 0.05) is 19.0 Å². The molecule has 0 aliphatic carbocycles. The predicted octanol–water partition coefficient (Wildman–Crippen LogP) is 3.76. The fourth-order valence-corrected chi connectivity index (χ4v) is 3.47.